The van der Waals surface area contributed by atoms with Crippen LogP contribution in [0.4, 0.5) is 0 Å². The van der Waals surface area contributed by atoms with E-state index in [9.17, 15) is 9.90 Å². The maximum atomic E-state index is 12.2. The van der Waals surface area contributed by atoms with Gasteiger partial charge in [0, 0.05) is 25.4 Å². The molecule has 0 unspecified atom stereocenters. The Bertz CT molecular complexity index is 551. The topological polar surface area (TPSA) is 95.2 Å². The minimum Gasteiger partial charge on any atom is -0.508 e. The Morgan fingerprint density at radius 2 is 2.10 bits per heavy atom. The van der Waals surface area contributed by atoms with Crippen LogP contribution in [0, 0.1) is 0 Å². The van der Waals surface area contributed by atoms with Gasteiger partial charge in [0.1, 0.15) is 5.75 Å². The lowest BCUT2D eigenvalue weighted by Gasteiger charge is -2.20. The zero-order valence-corrected chi connectivity index (χ0v) is 11.3. The molecular formula is C14H18N4O2. The molecule has 1 aromatic carbocycles. The van der Waals surface area contributed by atoms with Gasteiger partial charge in [-0.05, 0) is 24.1 Å². The molecule has 106 valence electrons. The van der Waals surface area contributed by atoms with Gasteiger partial charge in [-0.25, -0.2) is 0 Å². The van der Waals surface area contributed by atoms with Crippen molar-refractivity contribution in [3.8, 4) is 5.75 Å². The Balaban J connectivity index is 1.92. The number of likely N-dealkylation sites (N-methyl/N-ethyl adjacent to an activating group) is 1. The molecule has 6 heteroatoms. The fourth-order valence-electron chi connectivity index (χ4n) is 1.97. The highest BCUT2D eigenvalue weighted by Crippen LogP contribution is 2.11. The average molecular weight is 274 g/mol. The van der Waals surface area contributed by atoms with Crippen LogP contribution in [0.3, 0.4) is 0 Å². The molecule has 20 heavy (non-hydrogen) atoms. The summed E-state index contributed by atoms with van der Waals surface area (Å²) in [7, 11) is 1.71. The zero-order chi connectivity index (χ0) is 14.5. The number of H-pyrrole nitrogens is 1. The highest BCUT2D eigenvalue weighted by molar-refractivity contribution is 5.81. The zero-order valence-electron chi connectivity index (χ0n) is 11.3. The van der Waals surface area contributed by atoms with Crippen LogP contribution in [0.5, 0.6) is 5.75 Å². The van der Waals surface area contributed by atoms with Crippen molar-refractivity contribution < 1.29 is 9.90 Å². The number of carbonyl (C=O) groups is 1. The van der Waals surface area contributed by atoms with E-state index in [1.165, 1.54) is 0 Å². The summed E-state index contributed by atoms with van der Waals surface area (Å²) in [5, 5.41) is 15.8. The number of benzene rings is 1. The van der Waals surface area contributed by atoms with E-state index >= 15 is 0 Å². The van der Waals surface area contributed by atoms with Gasteiger partial charge in [0.2, 0.25) is 5.91 Å². The van der Waals surface area contributed by atoms with Gasteiger partial charge in [-0.1, -0.05) is 12.1 Å². The van der Waals surface area contributed by atoms with Crippen LogP contribution >= 0.6 is 0 Å². The summed E-state index contributed by atoms with van der Waals surface area (Å²) < 4.78 is 0. The molecule has 2 aromatic rings. The summed E-state index contributed by atoms with van der Waals surface area (Å²) in [5.74, 6) is 0.0741. The molecule has 1 heterocycles. The SMILES string of the molecule is CN(Cc1cn[nH]c1)C(=O)[C@@H](N)Cc1ccc(O)cc1. The smallest absolute Gasteiger partial charge is 0.239 e. The van der Waals surface area contributed by atoms with Crippen molar-refractivity contribution in [2.75, 3.05) is 7.05 Å². The Hall–Kier alpha value is -2.34. The molecule has 0 fully saturated rings. The number of rotatable bonds is 5. The molecule has 1 atom stereocenters. The molecular weight excluding hydrogens is 256 g/mol. The number of aromatic amines is 1. The van der Waals surface area contributed by atoms with Crippen molar-refractivity contribution in [1.82, 2.24) is 15.1 Å². The highest BCUT2D eigenvalue weighted by Gasteiger charge is 2.18. The molecule has 0 aliphatic heterocycles. The molecule has 0 aliphatic rings. The van der Waals surface area contributed by atoms with E-state index < -0.39 is 6.04 Å². The number of hydrogen-bond acceptors (Lipinski definition) is 4. The molecule has 1 amide bonds. The second-order valence-electron chi connectivity index (χ2n) is 4.78. The molecule has 0 radical (unpaired) electrons. The Kier molecular flexibility index (Phi) is 4.37. The van der Waals surface area contributed by atoms with Crippen LogP contribution < -0.4 is 5.73 Å². The molecule has 0 spiro atoms. The summed E-state index contributed by atoms with van der Waals surface area (Å²) in [6.07, 6.45) is 3.86. The number of nitrogens with two attached hydrogens (primary N) is 1. The van der Waals surface area contributed by atoms with Gasteiger partial charge in [0.05, 0.1) is 12.2 Å². The molecule has 0 aliphatic carbocycles. The quantitative estimate of drug-likeness (QED) is 0.745. The summed E-state index contributed by atoms with van der Waals surface area (Å²) in [5.41, 5.74) is 7.79. The second-order valence-corrected chi connectivity index (χ2v) is 4.78. The predicted octanol–water partition coefficient (Wildman–Crippen LogP) is 0.644. The van der Waals surface area contributed by atoms with E-state index in [2.05, 4.69) is 10.2 Å². The number of aromatic hydroxyl groups is 1. The number of phenolic OH excluding ortho intramolecular Hbond substituents is 1. The first kappa shape index (κ1) is 14.1. The van der Waals surface area contributed by atoms with Crippen molar-refractivity contribution in [3.63, 3.8) is 0 Å². The third kappa shape index (κ3) is 3.58. The van der Waals surface area contributed by atoms with Crippen LogP contribution in [0.1, 0.15) is 11.1 Å². The third-order valence-electron chi connectivity index (χ3n) is 3.06. The Morgan fingerprint density at radius 1 is 1.40 bits per heavy atom. The fourth-order valence-corrected chi connectivity index (χ4v) is 1.97. The van der Waals surface area contributed by atoms with E-state index in [1.807, 2.05) is 0 Å². The highest BCUT2D eigenvalue weighted by atomic mass is 16.3. The minimum absolute atomic E-state index is 0.126. The monoisotopic (exact) mass is 274 g/mol. The summed E-state index contributed by atoms with van der Waals surface area (Å²) >= 11 is 0. The molecule has 1 aromatic heterocycles. The summed E-state index contributed by atoms with van der Waals surface area (Å²) in [6.45, 7) is 0.471. The van der Waals surface area contributed by atoms with Crippen molar-refractivity contribution in [3.05, 3.63) is 47.8 Å². The fraction of sp³-hybridized carbons (Fsp3) is 0.286. The Labute approximate surface area is 117 Å². The van der Waals surface area contributed by atoms with Crippen LogP contribution in [0.15, 0.2) is 36.7 Å². The number of nitrogens with one attached hydrogen (secondary N) is 1. The van der Waals surface area contributed by atoms with Crippen LogP contribution in [-0.2, 0) is 17.8 Å². The van der Waals surface area contributed by atoms with Gasteiger partial charge >= 0.3 is 0 Å². The number of carbonyl (C=O) groups excluding carboxylic acids is 1. The molecule has 0 bridgehead atoms. The number of amides is 1. The molecule has 6 nitrogen and oxygen atoms in total. The largest absolute Gasteiger partial charge is 0.508 e. The number of nitrogens with zero attached hydrogens (tertiary/aromatic N) is 2. The predicted molar refractivity (Wildman–Crippen MR) is 74.8 cm³/mol. The van der Waals surface area contributed by atoms with Crippen molar-refractivity contribution in [1.29, 1.82) is 0 Å². The lowest BCUT2D eigenvalue weighted by Crippen LogP contribution is -2.42. The normalized spacial score (nSPS) is 12.1. The van der Waals surface area contributed by atoms with Crippen molar-refractivity contribution in [2.45, 2.75) is 19.0 Å². The van der Waals surface area contributed by atoms with E-state index in [0.717, 1.165) is 11.1 Å². The van der Waals surface area contributed by atoms with Crippen molar-refractivity contribution >= 4 is 5.91 Å². The average Bonchev–Trinajstić information content (AvgIpc) is 2.93. The summed E-state index contributed by atoms with van der Waals surface area (Å²) in [4.78, 5) is 13.7. The van der Waals surface area contributed by atoms with E-state index in [1.54, 1.807) is 48.6 Å². The third-order valence-corrected chi connectivity index (χ3v) is 3.06. The van der Waals surface area contributed by atoms with Gasteiger partial charge < -0.3 is 15.7 Å². The number of phenols is 1. The lowest BCUT2D eigenvalue weighted by atomic mass is 10.1. The maximum Gasteiger partial charge on any atom is 0.239 e. The molecule has 0 saturated heterocycles. The van der Waals surface area contributed by atoms with E-state index in [-0.39, 0.29) is 11.7 Å². The Morgan fingerprint density at radius 3 is 2.70 bits per heavy atom. The van der Waals surface area contributed by atoms with Crippen LogP contribution in [-0.4, -0.2) is 39.2 Å². The van der Waals surface area contributed by atoms with E-state index in [4.69, 9.17) is 5.73 Å². The molecule has 4 N–H and O–H groups in total. The molecule has 0 saturated carbocycles. The number of hydrogen-bond donors (Lipinski definition) is 3. The van der Waals surface area contributed by atoms with Gasteiger partial charge in [0.15, 0.2) is 0 Å². The molecule has 2 rings (SSSR count). The first-order chi connectivity index (χ1) is 9.56. The van der Waals surface area contributed by atoms with Gasteiger partial charge in [-0.2, -0.15) is 5.10 Å². The van der Waals surface area contributed by atoms with E-state index in [0.29, 0.717) is 13.0 Å². The van der Waals surface area contributed by atoms with Gasteiger partial charge in [-0.3, -0.25) is 9.89 Å². The number of aromatic nitrogens is 2. The first-order valence-corrected chi connectivity index (χ1v) is 6.32. The minimum atomic E-state index is -0.601. The van der Waals surface area contributed by atoms with Gasteiger partial charge in [-0.15, -0.1) is 0 Å². The van der Waals surface area contributed by atoms with Gasteiger partial charge in [0.25, 0.3) is 0 Å². The summed E-state index contributed by atoms with van der Waals surface area (Å²) in [6, 6.07) is 6.09. The van der Waals surface area contributed by atoms with Crippen LogP contribution in [0.25, 0.3) is 0 Å². The first-order valence-electron chi connectivity index (χ1n) is 6.32. The van der Waals surface area contributed by atoms with Crippen LogP contribution in [0.2, 0.25) is 0 Å². The second kappa shape index (κ2) is 6.21. The van der Waals surface area contributed by atoms with Crippen molar-refractivity contribution in [2.24, 2.45) is 5.73 Å². The standard InChI is InChI=1S/C14H18N4O2/c1-18(9-11-7-16-17-8-11)14(20)13(15)6-10-2-4-12(19)5-3-10/h2-5,7-8,13,19H,6,9,15H2,1H3,(H,16,17)/t13-/m0/s1. The maximum absolute atomic E-state index is 12.2. The lowest BCUT2D eigenvalue weighted by molar-refractivity contribution is -0.131.